The number of rotatable bonds is 11. The van der Waals surface area contributed by atoms with Gasteiger partial charge in [-0.1, -0.05) is 29.8 Å². The lowest BCUT2D eigenvalue weighted by atomic mass is 10.2. The van der Waals surface area contributed by atoms with Crippen LogP contribution in [0, 0.1) is 0 Å². The third kappa shape index (κ3) is 6.15. The highest BCUT2D eigenvalue weighted by molar-refractivity contribution is 9.10. The van der Waals surface area contributed by atoms with E-state index in [1.807, 2.05) is 19.1 Å². The van der Waals surface area contributed by atoms with Crippen LogP contribution < -0.4 is 14.8 Å². The number of hydrogen-bond donors (Lipinski definition) is 1. The Morgan fingerprint density at radius 2 is 1.86 bits per heavy atom. The van der Waals surface area contributed by atoms with Gasteiger partial charge in [0.15, 0.2) is 11.5 Å². The molecule has 0 aliphatic carbocycles. The van der Waals surface area contributed by atoms with Crippen molar-refractivity contribution < 1.29 is 9.47 Å². The molecule has 5 heteroatoms. The summed E-state index contributed by atoms with van der Waals surface area (Å²) in [4.78, 5) is 2.44. The summed E-state index contributed by atoms with van der Waals surface area (Å²) >= 11 is 3.60. The van der Waals surface area contributed by atoms with Crippen molar-refractivity contribution in [3.8, 4) is 11.5 Å². The number of halogens is 1. The van der Waals surface area contributed by atoms with Gasteiger partial charge in [-0.3, -0.25) is 0 Å². The Hall–Kier alpha value is -0.780. The average Bonchev–Trinajstić information content (AvgIpc) is 2.53. The largest absolute Gasteiger partial charge is 0.493 e. The minimum atomic E-state index is 0.634. The number of benzene rings is 1. The molecular weight excluding hydrogens is 344 g/mol. The van der Waals surface area contributed by atoms with E-state index in [9.17, 15) is 0 Å². The van der Waals surface area contributed by atoms with E-state index in [0.29, 0.717) is 6.61 Å². The molecule has 0 amide bonds. The van der Waals surface area contributed by atoms with Crippen LogP contribution in [0.3, 0.4) is 0 Å². The van der Waals surface area contributed by atoms with E-state index in [2.05, 4.69) is 40.0 Å². The molecule has 0 fully saturated rings. The van der Waals surface area contributed by atoms with E-state index >= 15 is 0 Å². The molecule has 0 saturated carbocycles. The van der Waals surface area contributed by atoms with Crippen molar-refractivity contribution in [1.29, 1.82) is 0 Å². The lowest BCUT2D eigenvalue weighted by Gasteiger charge is -2.18. The van der Waals surface area contributed by atoms with Gasteiger partial charge in [-0.05, 0) is 57.2 Å². The van der Waals surface area contributed by atoms with Crippen molar-refractivity contribution in [2.24, 2.45) is 0 Å². The Bertz CT molecular complexity index is 437. The van der Waals surface area contributed by atoms with E-state index < -0.39 is 0 Å². The van der Waals surface area contributed by atoms with Gasteiger partial charge in [0, 0.05) is 11.0 Å². The predicted molar refractivity (Wildman–Crippen MR) is 96.0 cm³/mol. The summed E-state index contributed by atoms with van der Waals surface area (Å²) in [7, 11) is 1.66. The summed E-state index contributed by atoms with van der Waals surface area (Å²) in [5.41, 5.74) is 1.19. The van der Waals surface area contributed by atoms with Gasteiger partial charge >= 0.3 is 0 Å². The van der Waals surface area contributed by atoms with E-state index in [-0.39, 0.29) is 0 Å². The Labute approximate surface area is 143 Å². The first kappa shape index (κ1) is 19.3. The molecule has 0 aromatic heterocycles. The van der Waals surface area contributed by atoms with Crippen LogP contribution in [0.25, 0.3) is 0 Å². The van der Waals surface area contributed by atoms with Crippen molar-refractivity contribution >= 4 is 15.9 Å². The van der Waals surface area contributed by atoms with Crippen LogP contribution in [0.4, 0.5) is 0 Å². The molecule has 0 unspecified atom stereocenters. The molecule has 0 radical (unpaired) electrons. The van der Waals surface area contributed by atoms with Crippen molar-refractivity contribution in [2.45, 2.75) is 33.7 Å². The van der Waals surface area contributed by atoms with Crippen LogP contribution in [-0.2, 0) is 6.54 Å². The smallest absolute Gasteiger partial charge is 0.161 e. The van der Waals surface area contributed by atoms with Crippen LogP contribution in [0.15, 0.2) is 16.6 Å². The highest BCUT2D eigenvalue weighted by Gasteiger charge is 2.09. The first-order chi connectivity index (χ1) is 10.7. The summed E-state index contributed by atoms with van der Waals surface area (Å²) in [6.07, 6.45) is 1.16. The second kappa shape index (κ2) is 10.9. The normalized spacial score (nSPS) is 11.0. The fraction of sp³-hybridized carbons (Fsp3) is 0.647. The summed E-state index contributed by atoms with van der Waals surface area (Å²) in [5, 5.41) is 3.50. The SMILES string of the molecule is CCOc1cc(CNCCCN(CC)CC)c(Br)cc1OC. The minimum absolute atomic E-state index is 0.634. The second-order valence-corrected chi connectivity index (χ2v) is 5.94. The quantitative estimate of drug-likeness (QED) is 0.600. The van der Waals surface area contributed by atoms with E-state index in [1.54, 1.807) is 7.11 Å². The molecule has 1 aromatic carbocycles. The maximum absolute atomic E-state index is 5.63. The van der Waals surface area contributed by atoms with Gasteiger partial charge in [-0.2, -0.15) is 0 Å². The zero-order valence-corrected chi connectivity index (χ0v) is 15.8. The van der Waals surface area contributed by atoms with Crippen LogP contribution in [0.2, 0.25) is 0 Å². The lowest BCUT2D eigenvalue weighted by molar-refractivity contribution is 0.297. The van der Waals surface area contributed by atoms with Gasteiger partial charge in [0.2, 0.25) is 0 Å². The number of nitrogens with zero attached hydrogens (tertiary/aromatic N) is 1. The number of hydrogen-bond acceptors (Lipinski definition) is 4. The van der Waals surface area contributed by atoms with Crippen molar-refractivity contribution in [1.82, 2.24) is 10.2 Å². The van der Waals surface area contributed by atoms with Gasteiger partial charge < -0.3 is 19.7 Å². The molecule has 0 saturated heterocycles. The zero-order chi connectivity index (χ0) is 16.4. The Kier molecular flexibility index (Phi) is 9.52. The third-order valence-corrected chi connectivity index (χ3v) is 4.41. The Balaban J connectivity index is 2.50. The molecule has 4 nitrogen and oxygen atoms in total. The molecule has 0 heterocycles. The standard InChI is InChI=1S/C17H29BrN2O2/c1-5-20(6-2)10-8-9-19-13-14-11-17(22-7-3)16(21-4)12-15(14)18/h11-12,19H,5-10,13H2,1-4H3. The molecule has 0 aliphatic heterocycles. The first-order valence-corrected chi connectivity index (χ1v) is 8.87. The summed E-state index contributed by atoms with van der Waals surface area (Å²) < 4.78 is 12.0. The Morgan fingerprint density at radius 1 is 1.14 bits per heavy atom. The molecule has 126 valence electrons. The van der Waals surface area contributed by atoms with Crippen molar-refractivity contribution in [3.05, 3.63) is 22.2 Å². The minimum Gasteiger partial charge on any atom is -0.493 e. The van der Waals surface area contributed by atoms with E-state index in [0.717, 1.165) is 55.1 Å². The molecule has 1 N–H and O–H groups in total. The second-order valence-electron chi connectivity index (χ2n) is 5.08. The van der Waals surface area contributed by atoms with Gasteiger partial charge in [0.1, 0.15) is 0 Å². The summed E-state index contributed by atoms with van der Waals surface area (Å²) in [6.45, 7) is 12.3. The molecule has 1 rings (SSSR count). The van der Waals surface area contributed by atoms with E-state index in [1.165, 1.54) is 5.56 Å². The number of nitrogens with one attached hydrogen (secondary N) is 1. The van der Waals surface area contributed by atoms with Crippen molar-refractivity contribution in [2.75, 3.05) is 39.9 Å². The number of ether oxygens (including phenoxy) is 2. The molecule has 0 aliphatic rings. The first-order valence-electron chi connectivity index (χ1n) is 8.08. The predicted octanol–water partition coefficient (Wildman–Crippen LogP) is 3.68. The third-order valence-electron chi connectivity index (χ3n) is 3.67. The average molecular weight is 373 g/mol. The number of methoxy groups -OCH3 is 1. The van der Waals surface area contributed by atoms with Gasteiger partial charge in [0.05, 0.1) is 13.7 Å². The van der Waals surface area contributed by atoms with Crippen LogP contribution in [0.1, 0.15) is 32.8 Å². The maximum atomic E-state index is 5.63. The van der Waals surface area contributed by atoms with Gasteiger partial charge in [0.25, 0.3) is 0 Å². The van der Waals surface area contributed by atoms with Crippen LogP contribution in [-0.4, -0.2) is 44.8 Å². The van der Waals surface area contributed by atoms with Gasteiger partial charge in [-0.15, -0.1) is 0 Å². The fourth-order valence-electron chi connectivity index (χ4n) is 2.33. The molecule has 1 aromatic rings. The van der Waals surface area contributed by atoms with Gasteiger partial charge in [-0.25, -0.2) is 0 Å². The van der Waals surface area contributed by atoms with Crippen molar-refractivity contribution in [3.63, 3.8) is 0 Å². The summed E-state index contributed by atoms with van der Waals surface area (Å²) in [5.74, 6) is 1.56. The maximum Gasteiger partial charge on any atom is 0.161 e. The highest BCUT2D eigenvalue weighted by atomic mass is 79.9. The zero-order valence-electron chi connectivity index (χ0n) is 14.2. The van der Waals surface area contributed by atoms with Crippen LogP contribution in [0.5, 0.6) is 11.5 Å². The van der Waals surface area contributed by atoms with E-state index in [4.69, 9.17) is 9.47 Å². The molecule has 0 bridgehead atoms. The molecular formula is C17H29BrN2O2. The molecule has 0 atom stereocenters. The molecule has 22 heavy (non-hydrogen) atoms. The monoisotopic (exact) mass is 372 g/mol. The molecule has 0 spiro atoms. The highest BCUT2D eigenvalue weighted by Crippen LogP contribution is 2.33. The summed E-state index contributed by atoms with van der Waals surface area (Å²) in [6, 6.07) is 4.02. The fourth-order valence-corrected chi connectivity index (χ4v) is 2.79. The van der Waals surface area contributed by atoms with Crippen LogP contribution >= 0.6 is 15.9 Å². The lowest BCUT2D eigenvalue weighted by Crippen LogP contribution is -2.27. The topological polar surface area (TPSA) is 33.7 Å². The Morgan fingerprint density at radius 3 is 2.45 bits per heavy atom.